The van der Waals surface area contributed by atoms with E-state index < -0.39 is 168 Å². The maximum absolute atomic E-state index is 13.9. The van der Waals surface area contributed by atoms with Crippen molar-refractivity contribution >= 4 is 43.5 Å². The third kappa shape index (κ3) is 20.1. The Morgan fingerprint density at radius 2 is 1.19 bits per heavy atom. The van der Waals surface area contributed by atoms with Crippen molar-refractivity contribution in [2.45, 2.75) is 198 Å². The third-order valence-corrected chi connectivity index (χ3v) is 11.8. The lowest BCUT2D eigenvalue weighted by atomic mass is 9.95. The highest BCUT2D eigenvalue weighted by atomic mass is 31.2. The van der Waals surface area contributed by atoms with Crippen molar-refractivity contribution in [1.82, 2.24) is 10.6 Å². The van der Waals surface area contributed by atoms with Gasteiger partial charge in [-0.2, -0.15) is 0 Å². The van der Waals surface area contributed by atoms with Crippen molar-refractivity contribution in [3.63, 3.8) is 0 Å². The SMILES string of the molecule is CCC(=O)O[C@H](CC)CC(=O)NC1[C@H](OCC2OC(O)C(NC(=O)C[C@H](O)CC)[C@@H](OC(=O)C[C@H](O)CC)[C@@H]2O)OC(COCc2ccccc2)[C@@H](OP(=O)(O)O)[C@@H]1OC(=O)C[C@@H](CC)OC(=O)CC. The zero-order valence-corrected chi connectivity index (χ0v) is 41.2. The number of nitrogens with one attached hydrogen (secondary N) is 2. The predicted octanol–water partition coefficient (Wildman–Crippen LogP) is 0.860. The molecule has 2 amide bonds. The fraction of sp³-hybridized carbons (Fsp3) is 0.733. The molecule has 0 aromatic heterocycles. The molecule has 2 fully saturated rings. The van der Waals surface area contributed by atoms with Crippen LogP contribution in [0.5, 0.6) is 0 Å². The van der Waals surface area contributed by atoms with E-state index in [1.807, 2.05) is 0 Å². The van der Waals surface area contributed by atoms with Crippen molar-refractivity contribution in [2.75, 3.05) is 13.2 Å². The number of phosphoric acid groups is 1. The first-order chi connectivity index (χ1) is 33.1. The minimum atomic E-state index is -5.52. The van der Waals surface area contributed by atoms with Crippen molar-refractivity contribution in [3.8, 4) is 0 Å². The largest absolute Gasteiger partial charge is 0.470 e. The zero-order valence-electron chi connectivity index (χ0n) is 40.3. The molecule has 0 saturated carbocycles. The van der Waals surface area contributed by atoms with E-state index in [-0.39, 0.29) is 45.1 Å². The molecule has 0 aliphatic carbocycles. The van der Waals surface area contributed by atoms with Crippen LogP contribution in [-0.2, 0) is 82.4 Å². The van der Waals surface area contributed by atoms with E-state index in [9.17, 15) is 63.5 Å². The molecule has 70 heavy (non-hydrogen) atoms. The summed E-state index contributed by atoms with van der Waals surface area (Å²) >= 11 is 0. The molecular weight excluding hydrogens is 951 g/mol. The van der Waals surface area contributed by atoms with Gasteiger partial charge in [-0.1, -0.05) is 71.9 Å². The van der Waals surface area contributed by atoms with E-state index in [0.29, 0.717) is 5.56 Å². The number of rotatable bonds is 29. The average molecular weight is 1020 g/mol. The molecule has 0 bridgehead atoms. The van der Waals surface area contributed by atoms with Gasteiger partial charge in [0, 0.05) is 12.8 Å². The number of benzene rings is 1. The number of carbonyl (C=O) groups is 6. The molecule has 1 aromatic carbocycles. The highest BCUT2D eigenvalue weighted by molar-refractivity contribution is 7.46. The van der Waals surface area contributed by atoms with Crippen LogP contribution in [-0.4, -0.2) is 165 Å². The summed E-state index contributed by atoms with van der Waals surface area (Å²) < 4.78 is 64.1. The normalized spacial score (nSPS) is 26.4. The Bertz CT molecular complexity index is 1860. The fourth-order valence-corrected chi connectivity index (χ4v) is 7.81. The summed E-state index contributed by atoms with van der Waals surface area (Å²) in [4.78, 5) is 98.5. The number of amides is 2. The number of hydrogen-bond donors (Lipinski definition) is 8. The predicted molar refractivity (Wildman–Crippen MR) is 240 cm³/mol. The summed E-state index contributed by atoms with van der Waals surface area (Å²) in [7, 11) is -5.52. The first kappa shape index (κ1) is 60.1. The molecule has 2 heterocycles. The van der Waals surface area contributed by atoms with Crippen molar-refractivity contribution in [3.05, 3.63) is 35.9 Å². The van der Waals surface area contributed by atoms with Gasteiger partial charge in [-0.3, -0.25) is 33.3 Å². The van der Waals surface area contributed by atoms with Gasteiger partial charge in [0.1, 0.15) is 48.7 Å². The first-order valence-corrected chi connectivity index (χ1v) is 25.0. The molecule has 24 nitrogen and oxygen atoms in total. The second kappa shape index (κ2) is 30.0. The standard InChI is InChI=1S/C45H71N2O22P/c1-7-26(48)18-32(50)46-38-42(67-36(54)19-27(49)8-2)40(56)30(65-44(38)57)24-62-45-39(47-33(51)20-28(9-3)63-34(52)11-5)43(68-37(55)21-29(10-4)64-35(53)12-6)41(69-70(58,59)60)31(66-45)23-61-22-25-16-14-13-15-17-25/h13-17,26-31,38-45,48-49,56-57H,7-12,18-24H2,1-6H3,(H,46,50)(H,47,51)(H2,58,59,60)/t26-,27-,28-,29-,30?,31?,38?,39?,40-,41-,42-,43-,44?,45-/m1/s1. The molecule has 398 valence electrons. The first-order valence-electron chi connectivity index (χ1n) is 23.5. The molecule has 3 rings (SSSR count). The van der Waals surface area contributed by atoms with Gasteiger partial charge < -0.3 is 78.7 Å². The Balaban J connectivity index is 2.12. The Kier molecular flexibility index (Phi) is 25.8. The summed E-state index contributed by atoms with van der Waals surface area (Å²) in [6.45, 7) is 8.18. The van der Waals surface area contributed by atoms with Crippen molar-refractivity contribution in [2.24, 2.45) is 0 Å². The number of aliphatic hydroxyl groups excluding tert-OH is 4. The monoisotopic (exact) mass is 1020 g/mol. The second-order valence-electron chi connectivity index (χ2n) is 16.8. The summed E-state index contributed by atoms with van der Waals surface area (Å²) in [5, 5.41) is 48.2. The van der Waals surface area contributed by atoms with Crippen LogP contribution in [0.3, 0.4) is 0 Å². The lowest BCUT2D eigenvalue weighted by Crippen LogP contribution is -2.68. The van der Waals surface area contributed by atoms with Crippen LogP contribution in [0.25, 0.3) is 0 Å². The maximum Gasteiger partial charge on any atom is 0.470 e. The van der Waals surface area contributed by atoms with Crippen LogP contribution in [0.2, 0.25) is 0 Å². The fourth-order valence-electron chi connectivity index (χ4n) is 7.24. The van der Waals surface area contributed by atoms with Crippen LogP contribution >= 0.6 is 7.82 Å². The molecule has 2 saturated heterocycles. The number of carbonyl (C=O) groups excluding carboxylic acids is 6. The minimum absolute atomic E-state index is 0.0103. The number of phosphoric ester groups is 1. The van der Waals surface area contributed by atoms with Crippen LogP contribution in [0, 0.1) is 0 Å². The van der Waals surface area contributed by atoms with Crippen LogP contribution in [0.1, 0.15) is 111 Å². The molecule has 25 heteroatoms. The van der Waals surface area contributed by atoms with Crippen LogP contribution < -0.4 is 10.6 Å². The summed E-state index contributed by atoms with van der Waals surface area (Å²) in [5.74, 6) is -5.02. The molecule has 1 aromatic rings. The topological polar surface area (TPSA) is 348 Å². The number of ether oxygens (including phenoxy) is 8. The molecule has 0 radical (unpaired) electrons. The second-order valence-corrected chi connectivity index (χ2v) is 18.0. The van der Waals surface area contributed by atoms with Gasteiger partial charge in [0.2, 0.25) is 11.8 Å². The molecule has 0 spiro atoms. The van der Waals surface area contributed by atoms with Gasteiger partial charge in [0.25, 0.3) is 0 Å². The number of esters is 4. The number of hydrogen-bond acceptors (Lipinski definition) is 20. The quantitative estimate of drug-likeness (QED) is 0.0313. The lowest BCUT2D eigenvalue weighted by molar-refractivity contribution is -0.300. The van der Waals surface area contributed by atoms with Gasteiger partial charge >= 0.3 is 31.7 Å². The highest BCUT2D eigenvalue weighted by Gasteiger charge is 2.54. The van der Waals surface area contributed by atoms with Crippen LogP contribution in [0.4, 0.5) is 0 Å². The Morgan fingerprint density at radius 1 is 0.643 bits per heavy atom. The Morgan fingerprint density at radius 3 is 1.76 bits per heavy atom. The molecule has 5 unspecified atom stereocenters. The smallest absolute Gasteiger partial charge is 0.462 e. The summed E-state index contributed by atoms with van der Waals surface area (Å²) in [6.07, 6.45) is -20.3. The Labute approximate surface area is 406 Å². The van der Waals surface area contributed by atoms with E-state index in [4.69, 9.17) is 42.4 Å². The van der Waals surface area contributed by atoms with E-state index in [0.717, 1.165) is 0 Å². The Hall–Kier alpha value is -4.17. The third-order valence-electron chi connectivity index (χ3n) is 11.3. The van der Waals surface area contributed by atoms with Crippen LogP contribution in [0.15, 0.2) is 30.3 Å². The zero-order chi connectivity index (χ0) is 52.1. The van der Waals surface area contributed by atoms with Crippen molar-refractivity contribution < 1.29 is 106 Å². The molecule has 8 N–H and O–H groups in total. The lowest BCUT2D eigenvalue weighted by Gasteiger charge is -2.46. The number of aliphatic hydroxyl groups is 4. The summed E-state index contributed by atoms with van der Waals surface area (Å²) in [5.41, 5.74) is 0.672. The summed E-state index contributed by atoms with van der Waals surface area (Å²) in [6, 6.07) is 5.30. The van der Waals surface area contributed by atoms with Gasteiger partial charge in [0.05, 0.1) is 57.7 Å². The average Bonchev–Trinajstić information content (AvgIpc) is 3.31. The maximum atomic E-state index is 13.9. The molecule has 2 aliphatic rings. The molecular formula is C45H71N2O22P. The van der Waals surface area contributed by atoms with E-state index in [2.05, 4.69) is 10.6 Å². The van der Waals surface area contributed by atoms with Gasteiger partial charge in [-0.05, 0) is 31.2 Å². The van der Waals surface area contributed by atoms with E-state index >= 15 is 0 Å². The molecule has 2 aliphatic heterocycles. The van der Waals surface area contributed by atoms with Gasteiger partial charge in [-0.15, -0.1) is 0 Å². The van der Waals surface area contributed by atoms with Gasteiger partial charge in [-0.25, -0.2) is 4.57 Å². The van der Waals surface area contributed by atoms with Gasteiger partial charge in [0.15, 0.2) is 24.8 Å². The van der Waals surface area contributed by atoms with E-state index in [1.54, 1.807) is 71.9 Å². The highest BCUT2D eigenvalue weighted by Crippen LogP contribution is 2.43. The van der Waals surface area contributed by atoms with E-state index in [1.165, 1.54) is 0 Å². The minimum Gasteiger partial charge on any atom is -0.462 e. The van der Waals surface area contributed by atoms with Crippen molar-refractivity contribution in [1.29, 1.82) is 0 Å². The molecule has 14 atom stereocenters.